The standard InChI is InChI=1S/C13H22N2O4S2/c1-5-10-7-12(20(14,16)17)8-11(6-2)13(10)15-21(18,19)9(3)4/h7-9,15H,5-6H2,1-4H3,(H2,14,16,17). The molecule has 0 aliphatic carbocycles. The number of hydrogen-bond acceptors (Lipinski definition) is 4. The molecule has 8 heteroatoms. The average Bonchev–Trinajstić information content (AvgIpc) is 2.36. The Hall–Kier alpha value is -1.12. The van der Waals surface area contributed by atoms with Gasteiger partial charge in [0.25, 0.3) is 0 Å². The van der Waals surface area contributed by atoms with Crippen LogP contribution in [0.15, 0.2) is 17.0 Å². The van der Waals surface area contributed by atoms with Gasteiger partial charge in [-0.3, -0.25) is 4.72 Å². The molecular weight excluding hydrogens is 312 g/mol. The first-order chi connectivity index (χ1) is 9.52. The maximum absolute atomic E-state index is 12.1. The molecule has 3 N–H and O–H groups in total. The molecule has 0 radical (unpaired) electrons. The van der Waals surface area contributed by atoms with Crippen molar-refractivity contribution in [1.82, 2.24) is 0 Å². The molecule has 0 bridgehead atoms. The number of sulfonamides is 2. The molecule has 1 aromatic carbocycles. The summed E-state index contributed by atoms with van der Waals surface area (Å²) in [5.74, 6) is 0. The molecule has 120 valence electrons. The first kappa shape index (κ1) is 17.9. The molecule has 6 nitrogen and oxygen atoms in total. The van der Waals surface area contributed by atoms with Gasteiger partial charge in [-0.15, -0.1) is 0 Å². The Balaban J connectivity index is 3.52. The number of hydrogen-bond donors (Lipinski definition) is 2. The van der Waals surface area contributed by atoms with Gasteiger partial charge in [0.05, 0.1) is 15.8 Å². The zero-order valence-corrected chi connectivity index (χ0v) is 14.3. The highest BCUT2D eigenvalue weighted by Crippen LogP contribution is 2.28. The Morgan fingerprint density at radius 3 is 1.76 bits per heavy atom. The van der Waals surface area contributed by atoms with E-state index in [-0.39, 0.29) is 4.90 Å². The van der Waals surface area contributed by atoms with Crippen LogP contribution in [-0.2, 0) is 32.9 Å². The predicted octanol–water partition coefficient (Wildman–Crippen LogP) is 1.61. The third kappa shape index (κ3) is 4.18. The summed E-state index contributed by atoms with van der Waals surface area (Å²) in [6.45, 7) is 6.82. The van der Waals surface area contributed by atoms with Gasteiger partial charge in [-0.05, 0) is 49.9 Å². The molecule has 0 spiro atoms. The lowest BCUT2D eigenvalue weighted by Gasteiger charge is -2.18. The fourth-order valence-corrected chi connectivity index (χ4v) is 3.24. The van der Waals surface area contributed by atoms with E-state index in [9.17, 15) is 16.8 Å². The average molecular weight is 334 g/mol. The van der Waals surface area contributed by atoms with Crippen molar-refractivity contribution in [3.8, 4) is 0 Å². The highest BCUT2D eigenvalue weighted by atomic mass is 32.2. The van der Waals surface area contributed by atoms with Crippen LogP contribution in [0.2, 0.25) is 0 Å². The first-order valence-electron chi connectivity index (χ1n) is 6.73. The molecule has 0 aliphatic heterocycles. The van der Waals surface area contributed by atoms with E-state index < -0.39 is 25.3 Å². The Labute approximate surface area is 126 Å². The number of nitrogens with two attached hydrogens (primary N) is 1. The van der Waals surface area contributed by atoms with E-state index in [0.717, 1.165) is 0 Å². The van der Waals surface area contributed by atoms with Gasteiger partial charge >= 0.3 is 0 Å². The molecule has 1 aromatic rings. The molecule has 0 unspecified atom stereocenters. The summed E-state index contributed by atoms with van der Waals surface area (Å²) in [7, 11) is -7.32. The van der Waals surface area contributed by atoms with Gasteiger partial charge in [-0.1, -0.05) is 13.8 Å². The summed E-state index contributed by atoms with van der Waals surface area (Å²) in [6.07, 6.45) is 0.985. The van der Waals surface area contributed by atoms with Gasteiger partial charge in [0.1, 0.15) is 0 Å². The Kier molecular flexibility index (Phi) is 5.40. The normalized spacial score (nSPS) is 12.7. The quantitative estimate of drug-likeness (QED) is 0.824. The lowest BCUT2D eigenvalue weighted by Crippen LogP contribution is -2.24. The summed E-state index contributed by atoms with van der Waals surface area (Å²) < 4.78 is 49.7. The van der Waals surface area contributed by atoms with Crippen molar-refractivity contribution < 1.29 is 16.8 Å². The molecule has 0 fully saturated rings. The second-order valence-electron chi connectivity index (χ2n) is 5.06. The van der Waals surface area contributed by atoms with E-state index in [1.54, 1.807) is 13.8 Å². The van der Waals surface area contributed by atoms with Crippen LogP contribution in [0.5, 0.6) is 0 Å². The monoisotopic (exact) mass is 334 g/mol. The molecular formula is C13H22N2O4S2. The lowest BCUT2D eigenvalue weighted by atomic mass is 10.0. The summed E-state index contributed by atoms with van der Waals surface area (Å²) in [6, 6.07) is 2.85. The van der Waals surface area contributed by atoms with Crippen molar-refractivity contribution in [2.45, 2.75) is 50.7 Å². The molecule has 1 rings (SSSR count). The Morgan fingerprint density at radius 1 is 1.05 bits per heavy atom. The first-order valence-corrected chi connectivity index (χ1v) is 9.82. The van der Waals surface area contributed by atoms with Gasteiger partial charge in [0.15, 0.2) is 0 Å². The zero-order valence-electron chi connectivity index (χ0n) is 12.7. The van der Waals surface area contributed by atoms with Gasteiger partial charge in [0.2, 0.25) is 20.0 Å². The van der Waals surface area contributed by atoms with E-state index in [4.69, 9.17) is 5.14 Å². The highest BCUT2D eigenvalue weighted by molar-refractivity contribution is 7.93. The Morgan fingerprint density at radius 2 is 1.48 bits per heavy atom. The third-order valence-corrected chi connectivity index (χ3v) is 5.85. The number of aryl methyl sites for hydroxylation is 2. The predicted molar refractivity (Wildman–Crippen MR) is 84.2 cm³/mol. The number of primary sulfonamides is 1. The van der Waals surface area contributed by atoms with Crippen LogP contribution in [0.4, 0.5) is 5.69 Å². The Bertz CT molecular complexity index is 698. The van der Waals surface area contributed by atoms with E-state index in [1.165, 1.54) is 12.1 Å². The smallest absolute Gasteiger partial charge is 0.238 e. The second kappa shape index (κ2) is 6.33. The van der Waals surface area contributed by atoms with E-state index in [2.05, 4.69) is 4.72 Å². The van der Waals surface area contributed by atoms with Crippen molar-refractivity contribution in [2.24, 2.45) is 5.14 Å². The summed E-state index contributed by atoms with van der Waals surface area (Å²) in [5, 5.41) is 4.58. The van der Waals surface area contributed by atoms with Crippen molar-refractivity contribution >= 4 is 25.7 Å². The number of benzene rings is 1. The molecule has 0 saturated carbocycles. The lowest BCUT2D eigenvalue weighted by molar-refractivity contribution is 0.592. The number of rotatable bonds is 6. The minimum absolute atomic E-state index is 0.00342. The maximum atomic E-state index is 12.1. The second-order valence-corrected chi connectivity index (χ2v) is 8.86. The number of anilines is 1. The minimum Gasteiger partial charge on any atom is -0.283 e. The van der Waals surface area contributed by atoms with Crippen LogP contribution in [0.25, 0.3) is 0 Å². The topological polar surface area (TPSA) is 106 Å². The fraction of sp³-hybridized carbons (Fsp3) is 0.538. The van der Waals surface area contributed by atoms with E-state index in [0.29, 0.717) is 29.7 Å². The van der Waals surface area contributed by atoms with Crippen LogP contribution in [-0.4, -0.2) is 22.1 Å². The third-order valence-electron chi connectivity index (χ3n) is 3.23. The van der Waals surface area contributed by atoms with Crippen LogP contribution >= 0.6 is 0 Å². The fourth-order valence-electron chi connectivity index (χ4n) is 1.85. The highest BCUT2D eigenvalue weighted by Gasteiger charge is 2.21. The maximum Gasteiger partial charge on any atom is 0.238 e. The van der Waals surface area contributed by atoms with Crippen molar-refractivity contribution in [3.63, 3.8) is 0 Å². The zero-order chi connectivity index (χ0) is 16.4. The van der Waals surface area contributed by atoms with Crippen molar-refractivity contribution in [3.05, 3.63) is 23.3 Å². The van der Waals surface area contributed by atoms with Crippen molar-refractivity contribution in [1.29, 1.82) is 0 Å². The SMILES string of the molecule is CCc1cc(S(N)(=O)=O)cc(CC)c1NS(=O)(=O)C(C)C. The summed E-state index contributed by atoms with van der Waals surface area (Å²) in [4.78, 5) is 0.00342. The van der Waals surface area contributed by atoms with Crippen LogP contribution in [0, 0.1) is 0 Å². The molecule has 0 saturated heterocycles. The molecule has 21 heavy (non-hydrogen) atoms. The van der Waals surface area contributed by atoms with E-state index >= 15 is 0 Å². The molecule has 0 aromatic heterocycles. The molecule has 0 amide bonds. The van der Waals surface area contributed by atoms with E-state index in [1.807, 2.05) is 13.8 Å². The van der Waals surface area contributed by atoms with Crippen LogP contribution in [0.1, 0.15) is 38.8 Å². The minimum atomic E-state index is -3.82. The van der Waals surface area contributed by atoms with Gasteiger partial charge in [-0.25, -0.2) is 22.0 Å². The molecule has 0 aliphatic rings. The summed E-state index contributed by atoms with van der Waals surface area (Å²) in [5.41, 5.74) is 1.69. The van der Waals surface area contributed by atoms with Crippen molar-refractivity contribution in [2.75, 3.05) is 4.72 Å². The van der Waals surface area contributed by atoms with Crippen LogP contribution in [0.3, 0.4) is 0 Å². The summed E-state index contributed by atoms with van der Waals surface area (Å²) >= 11 is 0. The van der Waals surface area contributed by atoms with Gasteiger partial charge < -0.3 is 0 Å². The largest absolute Gasteiger partial charge is 0.283 e. The van der Waals surface area contributed by atoms with Gasteiger partial charge in [-0.2, -0.15) is 0 Å². The van der Waals surface area contributed by atoms with Crippen LogP contribution < -0.4 is 9.86 Å². The molecule has 0 heterocycles. The molecule has 0 atom stereocenters. The van der Waals surface area contributed by atoms with Gasteiger partial charge in [0, 0.05) is 0 Å². The number of nitrogens with one attached hydrogen (secondary N) is 1.